The van der Waals surface area contributed by atoms with E-state index in [-0.39, 0.29) is 5.82 Å². The summed E-state index contributed by atoms with van der Waals surface area (Å²) in [7, 11) is 1.64. The molecule has 0 fully saturated rings. The number of hydrogen-bond donors (Lipinski definition) is 1. The third-order valence-electron chi connectivity index (χ3n) is 3.12. The van der Waals surface area contributed by atoms with Gasteiger partial charge in [0.1, 0.15) is 11.6 Å². The van der Waals surface area contributed by atoms with Crippen molar-refractivity contribution < 1.29 is 9.13 Å². The van der Waals surface area contributed by atoms with Crippen molar-refractivity contribution in [2.75, 3.05) is 13.7 Å². The molecule has 0 spiro atoms. The van der Waals surface area contributed by atoms with Crippen LogP contribution in [0.3, 0.4) is 0 Å². The lowest BCUT2D eigenvalue weighted by molar-refractivity contribution is 0.409. The van der Waals surface area contributed by atoms with Crippen molar-refractivity contribution >= 4 is 31.9 Å². The molecule has 0 saturated carbocycles. The number of ether oxygens (including phenoxy) is 1. The molecule has 0 aliphatic carbocycles. The van der Waals surface area contributed by atoms with Gasteiger partial charge < -0.3 is 10.1 Å². The first kappa shape index (κ1) is 16.5. The minimum atomic E-state index is -0.144. The Morgan fingerprint density at radius 1 is 1.14 bits per heavy atom. The van der Waals surface area contributed by atoms with Crippen molar-refractivity contribution in [2.45, 2.75) is 13.0 Å². The monoisotopic (exact) mass is 415 g/mol. The Labute approximate surface area is 141 Å². The molecular weight excluding hydrogens is 401 g/mol. The summed E-state index contributed by atoms with van der Waals surface area (Å²) in [5.41, 5.74) is 1.87. The molecule has 0 bridgehead atoms. The van der Waals surface area contributed by atoms with Gasteiger partial charge >= 0.3 is 0 Å². The van der Waals surface area contributed by atoms with Gasteiger partial charge in [-0.25, -0.2) is 4.39 Å². The fourth-order valence-corrected chi connectivity index (χ4v) is 3.67. The first-order valence-electron chi connectivity index (χ1n) is 6.58. The van der Waals surface area contributed by atoms with E-state index in [4.69, 9.17) is 4.74 Å². The van der Waals surface area contributed by atoms with Crippen molar-refractivity contribution in [3.63, 3.8) is 0 Å². The molecule has 2 nitrogen and oxygen atoms in total. The van der Waals surface area contributed by atoms with Gasteiger partial charge in [0.05, 0.1) is 16.1 Å². The zero-order chi connectivity index (χ0) is 15.2. The average Bonchev–Trinajstić information content (AvgIpc) is 2.45. The second-order valence-corrected chi connectivity index (χ2v) is 6.32. The standard InChI is InChI=1S/C16H16Br2FNO/c1-21-16-13(17)8-11(9-14(16)18)10-20-7-6-12-4-2-3-5-15(12)19/h2-5,8-9,20H,6-7,10H2,1H3. The smallest absolute Gasteiger partial charge is 0.147 e. The maximum Gasteiger partial charge on any atom is 0.147 e. The van der Waals surface area contributed by atoms with Crippen LogP contribution in [0.4, 0.5) is 4.39 Å². The summed E-state index contributed by atoms with van der Waals surface area (Å²) in [5, 5.41) is 3.32. The molecule has 0 atom stereocenters. The Bertz CT molecular complexity index is 596. The van der Waals surface area contributed by atoms with Crippen LogP contribution in [-0.2, 0) is 13.0 Å². The number of methoxy groups -OCH3 is 1. The van der Waals surface area contributed by atoms with Crippen LogP contribution in [0.2, 0.25) is 0 Å². The summed E-state index contributed by atoms with van der Waals surface area (Å²) in [6.45, 7) is 1.44. The molecule has 1 N–H and O–H groups in total. The van der Waals surface area contributed by atoms with Crippen LogP contribution in [0.25, 0.3) is 0 Å². The van der Waals surface area contributed by atoms with Gasteiger partial charge in [-0.1, -0.05) is 18.2 Å². The van der Waals surface area contributed by atoms with E-state index in [1.165, 1.54) is 6.07 Å². The van der Waals surface area contributed by atoms with Crippen LogP contribution in [0.1, 0.15) is 11.1 Å². The molecule has 0 radical (unpaired) electrons. The van der Waals surface area contributed by atoms with E-state index in [1.807, 2.05) is 24.3 Å². The SMILES string of the molecule is COc1c(Br)cc(CNCCc2ccccc2F)cc1Br. The second kappa shape index (κ2) is 7.92. The van der Waals surface area contributed by atoms with Gasteiger partial charge in [0.25, 0.3) is 0 Å². The van der Waals surface area contributed by atoms with Crippen molar-refractivity contribution in [2.24, 2.45) is 0 Å². The minimum absolute atomic E-state index is 0.144. The van der Waals surface area contributed by atoms with Gasteiger partial charge in [0.15, 0.2) is 0 Å². The Balaban J connectivity index is 1.88. The average molecular weight is 417 g/mol. The van der Waals surface area contributed by atoms with E-state index in [9.17, 15) is 4.39 Å². The van der Waals surface area contributed by atoms with E-state index in [0.717, 1.165) is 38.9 Å². The lowest BCUT2D eigenvalue weighted by Gasteiger charge is -2.10. The van der Waals surface area contributed by atoms with E-state index < -0.39 is 0 Å². The summed E-state index contributed by atoms with van der Waals surface area (Å²) in [5.74, 6) is 0.638. The molecule has 0 unspecified atom stereocenters. The van der Waals surface area contributed by atoms with Gasteiger partial charge in [-0.3, -0.25) is 0 Å². The molecule has 0 aromatic heterocycles. The molecule has 0 amide bonds. The highest BCUT2D eigenvalue weighted by atomic mass is 79.9. The van der Waals surface area contributed by atoms with Gasteiger partial charge in [-0.05, 0) is 74.2 Å². The van der Waals surface area contributed by atoms with Gasteiger partial charge in [0, 0.05) is 6.54 Å². The molecule has 21 heavy (non-hydrogen) atoms. The molecular formula is C16H16Br2FNO. The van der Waals surface area contributed by atoms with Crippen LogP contribution in [-0.4, -0.2) is 13.7 Å². The lowest BCUT2D eigenvalue weighted by atomic mass is 10.1. The summed E-state index contributed by atoms with van der Waals surface area (Å²) in [4.78, 5) is 0. The molecule has 0 aliphatic rings. The van der Waals surface area contributed by atoms with E-state index in [1.54, 1.807) is 13.2 Å². The van der Waals surface area contributed by atoms with Crippen LogP contribution in [0.15, 0.2) is 45.3 Å². The summed E-state index contributed by atoms with van der Waals surface area (Å²) in [6, 6.07) is 10.9. The number of benzene rings is 2. The minimum Gasteiger partial charge on any atom is -0.494 e. The number of hydrogen-bond acceptors (Lipinski definition) is 2. The largest absolute Gasteiger partial charge is 0.494 e. The quantitative estimate of drug-likeness (QED) is 0.689. The Hall–Kier alpha value is -0.910. The topological polar surface area (TPSA) is 21.3 Å². The summed E-state index contributed by atoms with van der Waals surface area (Å²) < 4.78 is 20.6. The maximum absolute atomic E-state index is 13.5. The highest BCUT2D eigenvalue weighted by molar-refractivity contribution is 9.11. The highest BCUT2D eigenvalue weighted by Crippen LogP contribution is 2.34. The third kappa shape index (κ3) is 4.53. The maximum atomic E-state index is 13.5. The Morgan fingerprint density at radius 2 is 1.81 bits per heavy atom. The molecule has 5 heteroatoms. The number of nitrogens with one attached hydrogen (secondary N) is 1. The fraction of sp³-hybridized carbons (Fsp3) is 0.250. The molecule has 2 aromatic carbocycles. The number of rotatable bonds is 6. The first-order chi connectivity index (χ1) is 10.1. The Kier molecular flexibility index (Phi) is 6.21. The van der Waals surface area contributed by atoms with Gasteiger partial charge in [-0.2, -0.15) is 0 Å². The third-order valence-corrected chi connectivity index (χ3v) is 4.30. The molecule has 2 rings (SSSR count). The van der Waals surface area contributed by atoms with Crippen molar-refractivity contribution in [3.05, 3.63) is 62.3 Å². The predicted molar refractivity (Wildman–Crippen MR) is 90.2 cm³/mol. The predicted octanol–water partition coefficient (Wildman–Crippen LogP) is 4.69. The van der Waals surface area contributed by atoms with Crippen LogP contribution in [0, 0.1) is 5.82 Å². The normalized spacial score (nSPS) is 10.7. The molecule has 112 valence electrons. The van der Waals surface area contributed by atoms with E-state index in [0.29, 0.717) is 6.42 Å². The van der Waals surface area contributed by atoms with Crippen molar-refractivity contribution in [3.8, 4) is 5.75 Å². The number of halogens is 3. The molecule has 0 heterocycles. The van der Waals surface area contributed by atoms with E-state index >= 15 is 0 Å². The second-order valence-electron chi connectivity index (χ2n) is 4.61. The fourth-order valence-electron chi connectivity index (χ4n) is 2.07. The zero-order valence-corrected chi connectivity index (χ0v) is 14.8. The van der Waals surface area contributed by atoms with Gasteiger partial charge in [0.2, 0.25) is 0 Å². The van der Waals surface area contributed by atoms with Crippen LogP contribution < -0.4 is 10.1 Å². The molecule has 0 saturated heterocycles. The first-order valence-corrected chi connectivity index (χ1v) is 8.16. The molecule has 0 aliphatic heterocycles. The van der Waals surface area contributed by atoms with Crippen molar-refractivity contribution in [1.82, 2.24) is 5.32 Å². The summed E-state index contributed by atoms with van der Waals surface area (Å²) in [6.07, 6.45) is 0.672. The molecule has 2 aromatic rings. The van der Waals surface area contributed by atoms with E-state index in [2.05, 4.69) is 37.2 Å². The van der Waals surface area contributed by atoms with Crippen molar-refractivity contribution in [1.29, 1.82) is 0 Å². The van der Waals surface area contributed by atoms with Crippen LogP contribution >= 0.6 is 31.9 Å². The zero-order valence-electron chi connectivity index (χ0n) is 11.6. The van der Waals surface area contributed by atoms with Crippen LogP contribution in [0.5, 0.6) is 5.75 Å². The Morgan fingerprint density at radius 3 is 2.43 bits per heavy atom. The highest BCUT2D eigenvalue weighted by Gasteiger charge is 2.07. The van der Waals surface area contributed by atoms with Gasteiger partial charge in [-0.15, -0.1) is 0 Å². The lowest BCUT2D eigenvalue weighted by Crippen LogP contribution is -2.17. The summed E-state index contributed by atoms with van der Waals surface area (Å²) >= 11 is 6.96.